The van der Waals surface area contributed by atoms with Gasteiger partial charge in [-0.25, -0.2) is 5.10 Å². The maximum Gasteiger partial charge on any atom is 0.288 e. The van der Waals surface area contributed by atoms with Crippen molar-refractivity contribution in [2.75, 3.05) is 12.4 Å². The van der Waals surface area contributed by atoms with Gasteiger partial charge in [-0.2, -0.15) is 9.78 Å². The van der Waals surface area contributed by atoms with Crippen molar-refractivity contribution in [1.82, 2.24) is 30.4 Å². The number of benzene rings is 2. The first kappa shape index (κ1) is 16.2. The first-order valence-corrected chi connectivity index (χ1v) is 8.63. The standard InChI is InChI=1S/C19H15N7O2/c1-28-13-10-6-5-9-12(13)17-14-15(11-7-3-2-4-8-11)21-22-18(27)16(14)20-19-23-24-25-26(17)19/h2-10,17H,1H3,(H,22,27)(H,20,23,25). The molecule has 0 aliphatic carbocycles. The van der Waals surface area contributed by atoms with E-state index in [-0.39, 0.29) is 5.56 Å². The van der Waals surface area contributed by atoms with Gasteiger partial charge in [-0.3, -0.25) is 4.79 Å². The van der Waals surface area contributed by atoms with E-state index in [0.29, 0.717) is 28.6 Å². The Morgan fingerprint density at radius 1 is 1.07 bits per heavy atom. The van der Waals surface area contributed by atoms with Gasteiger partial charge in [-0.15, -0.1) is 0 Å². The highest BCUT2D eigenvalue weighted by Gasteiger charge is 2.35. The summed E-state index contributed by atoms with van der Waals surface area (Å²) in [5.74, 6) is 1.04. The van der Waals surface area contributed by atoms with Crippen LogP contribution in [-0.4, -0.2) is 37.5 Å². The fourth-order valence-corrected chi connectivity index (χ4v) is 3.53. The Kier molecular flexibility index (Phi) is 3.64. The van der Waals surface area contributed by atoms with Crippen LogP contribution < -0.4 is 15.6 Å². The van der Waals surface area contributed by atoms with E-state index in [9.17, 15) is 4.79 Å². The Morgan fingerprint density at radius 3 is 2.68 bits per heavy atom. The molecule has 138 valence electrons. The molecule has 0 bridgehead atoms. The smallest absolute Gasteiger partial charge is 0.288 e. The number of H-pyrrole nitrogens is 1. The minimum Gasteiger partial charge on any atom is -0.496 e. The van der Waals surface area contributed by atoms with E-state index in [2.05, 4.69) is 31.0 Å². The van der Waals surface area contributed by atoms with Crippen LogP contribution >= 0.6 is 0 Å². The molecule has 0 saturated heterocycles. The molecule has 9 nitrogen and oxygen atoms in total. The van der Waals surface area contributed by atoms with Crippen molar-refractivity contribution in [3.63, 3.8) is 0 Å². The number of nitrogens with zero attached hydrogens (tertiary/aromatic N) is 5. The van der Waals surface area contributed by atoms with Gasteiger partial charge in [0, 0.05) is 16.7 Å². The minimum absolute atomic E-state index is 0.344. The fraction of sp³-hybridized carbons (Fsp3) is 0.105. The fourth-order valence-electron chi connectivity index (χ4n) is 3.53. The lowest BCUT2D eigenvalue weighted by Gasteiger charge is -2.28. The van der Waals surface area contributed by atoms with E-state index in [1.54, 1.807) is 11.8 Å². The van der Waals surface area contributed by atoms with Crippen molar-refractivity contribution in [2.24, 2.45) is 0 Å². The van der Waals surface area contributed by atoms with Crippen LogP contribution in [0.3, 0.4) is 0 Å². The second kappa shape index (κ2) is 6.31. The lowest BCUT2D eigenvalue weighted by atomic mass is 9.92. The molecule has 1 aliphatic rings. The van der Waals surface area contributed by atoms with Gasteiger partial charge in [0.2, 0.25) is 5.95 Å². The molecule has 9 heteroatoms. The normalized spacial score (nSPS) is 14.7. The summed E-state index contributed by atoms with van der Waals surface area (Å²) in [6.07, 6.45) is 0. The van der Waals surface area contributed by atoms with Gasteiger partial charge < -0.3 is 10.1 Å². The Balaban J connectivity index is 1.86. The van der Waals surface area contributed by atoms with Crippen molar-refractivity contribution >= 4 is 11.6 Å². The lowest BCUT2D eigenvalue weighted by Crippen LogP contribution is -2.29. The van der Waals surface area contributed by atoms with Gasteiger partial charge in [0.15, 0.2) is 0 Å². The lowest BCUT2D eigenvalue weighted by molar-refractivity contribution is 0.402. The molecular weight excluding hydrogens is 358 g/mol. The monoisotopic (exact) mass is 373 g/mol. The van der Waals surface area contributed by atoms with Gasteiger partial charge in [-0.05, 0) is 16.5 Å². The molecule has 28 heavy (non-hydrogen) atoms. The number of rotatable bonds is 3. The number of aromatic nitrogens is 6. The molecule has 1 unspecified atom stereocenters. The molecular formula is C19H15N7O2. The zero-order valence-electron chi connectivity index (χ0n) is 14.8. The summed E-state index contributed by atoms with van der Waals surface area (Å²) in [7, 11) is 1.61. The molecule has 1 aliphatic heterocycles. The highest BCUT2D eigenvalue weighted by atomic mass is 16.5. The number of anilines is 2. The van der Waals surface area contributed by atoms with Crippen molar-refractivity contribution in [3.05, 3.63) is 76.1 Å². The minimum atomic E-state index is -0.484. The van der Waals surface area contributed by atoms with Gasteiger partial charge in [-0.1, -0.05) is 53.6 Å². The molecule has 2 aromatic heterocycles. The van der Waals surface area contributed by atoms with E-state index in [1.165, 1.54) is 0 Å². The second-order valence-corrected chi connectivity index (χ2v) is 6.27. The Hall–Kier alpha value is -4.01. The summed E-state index contributed by atoms with van der Waals surface area (Å²) in [4.78, 5) is 12.6. The molecule has 4 aromatic rings. The first-order valence-electron chi connectivity index (χ1n) is 8.63. The topological polar surface area (TPSA) is 111 Å². The number of aromatic amines is 1. The van der Waals surface area contributed by atoms with Crippen LogP contribution in [0.5, 0.6) is 5.75 Å². The molecule has 0 saturated carbocycles. The molecule has 0 fully saturated rings. The highest BCUT2D eigenvalue weighted by Crippen LogP contribution is 2.43. The predicted molar refractivity (Wildman–Crippen MR) is 102 cm³/mol. The molecule has 5 rings (SSSR count). The number of ether oxygens (including phenoxy) is 1. The van der Waals surface area contributed by atoms with E-state index in [4.69, 9.17) is 4.74 Å². The zero-order valence-corrected chi connectivity index (χ0v) is 14.8. The SMILES string of the molecule is COc1ccccc1C1c2c(-c3ccccc3)n[nH]c(=O)c2Nc2nnnn21. The third-order valence-corrected chi connectivity index (χ3v) is 4.75. The van der Waals surface area contributed by atoms with Gasteiger partial charge in [0.1, 0.15) is 17.5 Å². The van der Waals surface area contributed by atoms with Crippen LogP contribution in [0, 0.1) is 0 Å². The second-order valence-electron chi connectivity index (χ2n) is 6.27. The average Bonchev–Trinajstić information content (AvgIpc) is 3.22. The molecule has 1 atom stereocenters. The molecule has 3 heterocycles. The van der Waals surface area contributed by atoms with Crippen molar-refractivity contribution in [2.45, 2.75) is 6.04 Å². The maximum absolute atomic E-state index is 12.6. The van der Waals surface area contributed by atoms with Crippen molar-refractivity contribution in [3.8, 4) is 17.0 Å². The van der Waals surface area contributed by atoms with Crippen LogP contribution in [0.15, 0.2) is 59.4 Å². The molecule has 2 N–H and O–H groups in total. The van der Waals surface area contributed by atoms with Gasteiger partial charge in [0.05, 0.1) is 12.8 Å². The summed E-state index contributed by atoms with van der Waals surface area (Å²) in [6, 6.07) is 16.8. The molecule has 0 spiro atoms. The Labute approximate surface area is 159 Å². The average molecular weight is 373 g/mol. The van der Waals surface area contributed by atoms with E-state index in [1.807, 2.05) is 54.6 Å². The van der Waals surface area contributed by atoms with Crippen molar-refractivity contribution in [1.29, 1.82) is 0 Å². The van der Waals surface area contributed by atoms with Gasteiger partial charge >= 0.3 is 0 Å². The summed E-state index contributed by atoms with van der Waals surface area (Å²) >= 11 is 0. The number of hydrogen-bond acceptors (Lipinski definition) is 7. The van der Waals surface area contributed by atoms with Crippen molar-refractivity contribution < 1.29 is 4.74 Å². The van der Waals surface area contributed by atoms with E-state index in [0.717, 1.165) is 11.1 Å². The third kappa shape index (κ3) is 2.37. The van der Waals surface area contributed by atoms with Crippen LogP contribution in [0.2, 0.25) is 0 Å². The molecule has 2 aromatic carbocycles. The quantitative estimate of drug-likeness (QED) is 0.498. The maximum atomic E-state index is 12.6. The zero-order chi connectivity index (χ0) is 19.1. The molecule has 0 radical (unpaired) electrons. The predicted octanol–water partition coefficient (Wildman–Crippen LogP) is 2.13. The third-order valence-electron chi connectivity index (χ3n) is 4.75. The summed E-state index contributed by atoms with van der Waals surface area (Å²) in [6.45, 7) is 0. The van der Waals surface area contributed by atoms with Gasteiger partial charge in [0.25, 0.3) is 5.56 Å². The number of fused-ring (bicyclic) bond motifs is 2. The summed E-state index contributed by atoms with van der Waals surface area (Å²) < 4.78 is 7.21. The Morgan fingerprint density at radius 2 is 1.86 bits per heavy atom. The van der Waals surface area contributed by atoms with Crippen LogP contribution in [0.25, 0.3) is 11.3 Å². The first-order chi connectivity index (χ1) is 13.8. The van der Waals surface area contributed by atoms with Crippen LogP contribution in [0.4, 0.5) is 11.6 Å². The highest BCUT2D eigenvalue weighted by molar-refractivity contribution is 5.75. The van der Waals surface area contributed by atoms with E-state index >= 15 is 0 Å². The van der Waals surface area contributed by atoms with Crippen LogP contribution in [0.1, 0.15) is 17.2 Å². The number of tetrazole rings is 1. The largest absolute Gasteiger partial charge is 0.496 e. The molecule has 0 amide bonds. The summed E-state index contributed by atoms with van der Waals surface area (Å²) in [5, 5.41) is 21.9. The van der Waals surface area contributed by atoms with E-state index < -0.39 is 6.04 Å². The number of para-hydroxylation sites is 1. The van der Waals surface area contributed by atoms with Crippen LogP contribution in [-0.2, 0) is 0 Å². The number of nitrogens with one attached hydrogen (secondary N) is 2. The Bertz CT molecular complexity index is 1220. The summed E-state index contributed by atoms with van der Waals surface area (Å²) in [5.41, 5.74) is 3.04. The number of methoxy groups -OCH3 is 1. The number of hydrogen-bond donors (Lipinski definition) is 2.